The van der Waals surface area contributed by atoms with Crippen LogP contribution in [0.3, 0.4) is 0 Å². The lowest BCUT2D eigenvalue weighted by Crippen LogP contribution is -1.91. The third kappa shape index (κ3) is 2.20. The van der Waals surface area contributed by atoms with Crippen LogP contribution < -0.4 is 0 Å². The summed E-state index contributed by atoms with van der Waals surface area (Å²) in [4.78, 5) is 0.381. The molecule has 0 N–H and O–H groups in total. The van der Waals surface area contributed by atoms with Gasteiger partial charge in [-0.1, -0.05) is 6.07 Å². The van der Waals surface area contributed by atoms with Gasteiger partial charge >= 0.3 is 0 Å². The lowest BCUT2D eigenvalue weighted by Gasteiger charge is -2.01. The minimum Gasteiger partial charge on any atom is -0.213 e. The summed E-state index contributed by atoms with van der Waals surface area (Å²) >= 11 is 1.44. The Hall–Kier alpha value is -0.100. The Labute approximate surface area is 84.5 Å². The van der Waals surface area contributed by atoms with Crippen molar-refractivity contribution in [2.24, 2.45) is 0 Å². The van der Waals surface area contributed by atoms with Crippen molar-refractivity contribution in [1.82, 2.24) is 0 Å². The molecule has 4 heteroatoms. The molecule has 0 spiro atoms. The van der Waals surface area contributed by atoms with Crippen LogP contribution in [-0.4, -0.2) is 8.42 Å². The Morgan fingerprint density at radius 3 is 2.17 bits per heavy atom. The zero-order chi connectivity index (χ0) is 9.35. The van der Waals surface area contributed by atoms with Crippen LogP contribution in [0.4, 0.5) is 0 Å². The number of aryl methyl sites for hydroxylation is 2. The molecule has 0 aliphatic rings. The number of halogens is 1. The van der Waals surface area contributed by atoms with Gasteiger partial charge in [0, 0.05) is 0 Å². The summed E-state index contributed by atoms with van der Waals surface area (Å²) in [7, 11) is -3.07. The van der Waals surface area contributed by atoms with E-state index in [1.807, 2.05) is 19.9 Å². The molecule has 0 atom stereocenters. The Morgan fingerprint density at radius 2 is 1.75 bits per heavy atom. The molecular formula is C8H9IO2S. The van der Waals surface area contributed by atoms with Crippen molar-refractivity contribution in [3.8, 4) is 0 Å². The van der Waals surface area contributed by atoms with Crippen LogP contribution in [0.5, 0.6) is 0 Å². The number of hydrogen-bond donors (Lipinski definition) is 0. The first-order valence-electron chi connectivity index (χ1n) is 3.43. The Morgan fingerprint density at radius 1 is 1.17 bits per heavy atom. The fourth-order valence-corrected chi connectivity index (χ4v) is 2.24. The first-order chi connectivity index (χ1) is 5.41. The van der Waals surface area contributed by atoms with E-state index in [1.165, 1.54) is 21.2 Å². The lowest BCUT2D eigenvalue weighted by molar-refractivity contribution is 0.612. The van der Waals surface area contributed by atoms with Gasteiger partial charge in [0.1, 0.15) is 0 Å². The van der Waals surface area contributed by atoms with Crippen molar-refractivity contribution in [3.05, 3.63) is 29.3 Å². The maximum atomic E-state index is 11.1. The topological polar surface area (TPSA) is 34.1 Å². The molecule has 2 nitrogen and oxygen atoms in total. The van der Waals surface area contributed by atoms with Crippen molar-refractivity contribution >= 4 is 28.2 Å². The van der Waals surface area contributed by atoms with Crippen molar-refractivity contribution in [2.75, 3.05) is 0 Å². The standard InChI is InChI=1S/C8H9IO2S/c1-6-3-4-8(5-7(6)2)12(9,10)11/h3-5H,1-2H3. The maximum absolute atomic E-state index is 11.1. The predicted molar refractivity (Wildman–Crippen MR) is 57.1 cm³/mol. The van der Waals surface area contributed by atoms with Crippen LogP contribution in [-0.2, 0) is 7.01 Å². The second kappa shape index (κ2) is 3.33. The molecule has 0 saturated carbocycles. The molecular weight excluding hydrogens is 287 g/mol. The van der Waals surface area contributed by atoms with Gasteiger partial charge in [-0.3, -0.25) is 0 Å². The molecule has 0 fully saturated rings. The van der Waals surface area contributed by atoms with Crippen LogP contribution >= 0.6 is 21.2 Å². The molecule has 0 heterocycles. The molecule has 1 aromatic rings. The molecule has 0 aromatic heterocycles. The van der Waals surface area contributed by atoms with Crippen molar-refractivity contribution in [1.29, 1.82) is 0 Å². The molecule has 0 saturated heterocycles. The van der Waals surface area contributed by atoms with Gasteiger partial charge in [0.05, 0.1) is 26.1 Å². The van der Waals surface area contributed by atoms with E-state index in [4.69, 9.17) is 0 Å². The van der Waals surface area contributed by atoms with Gasteiger partial charge in [0.25, 0.3) is 0 Å². The molecule has 1 rings (SSSR count). The Balaban J connectivity index is 3.33. The minimum absolute atomic E-state index is 0.381. The van der Waals surface area contributed by atoms with Gasteiger partial charge < -0.3 is 0 Å². The molecule has 0 amide bonds. The fourth-order valence-electron chi connectivity index (χ4n) is 0.866. The van der Waals surface area contributed by atoms with Crippen LogP contribution in [0.1, 0.15) is 11.1 Å². The molecule has 12 heavy (non-hydrogen) atoms. The predicted octanol–water partition coefficient (Wildman–Crippen LogP) is 2.43. The highest BCUT2D eigenvalue weighted by atomic mass is 127. The van der Waals surface area contributed by atoms with Crippen LogP contribution in [0.15, 0.2) is 23.1 Å². The quantitative estimate of drug-likeness (QED) is 0.589. The second-order valence-electron chi connectivity index (χ2n) is 2.68. The third-order valence-corrected chi connectivity index (χ3v) is 4.10. The molecule has 0 radical (unpaired) electrons. The van der Waals surface area contributed by atoms with Gasteiger partial charge in [-0.05, 0) is 37.1 Å². The second-order valence-corrected chi connectivity index (χ2v) is 7.51. The highest BCUT2D eigenvalue weighted by Gasteiger charge is 2.08. The smallest absolute Gasteiger partial charge is 0.213 e. The van der Waals surface area contributed by atoms with Gasteiger partial charge in [0.15, 0.2) is 0 Å². The van der Waals surface area contributed by atoms with Crippen LogP contribution in [0, 0.1) is 13.8 Å². The first kappa shape index (κ1) is 9.98. The SMILES string of the molecule is Cc1ccc(S(=O)(=O)I)cc1C. The van der Waals surface area contributed by atoms with Gasteiger partial charge in [0.2, 0.25) is 7.01 Å². The molecule has 0 bridgehead atoms. The Kier molecular flexibility index (Phi) is 2.77. The number of hydrogen-bond acceptors (Lipinski definition) is 2. The maximum Gasteiger partial charge on any atom is 0.231 e. The van der Waals surface area contributed by atoms with Gasteiger partial charge in [-0.25, -0.2) is 8.42 Å². The van der Waals surface area contributed by atoms with E-state index in [-0.39, 0.29) is 0 Å². The molecule has 66 valence electrons. The average Bonchev–Trinajstić information content (AvgIpc) is 1.92. The fraction of sp³-hybridized carbons (Fsp3) is 0.250. The van der Waals surface area contributed by atoms with E-state index in [2.05, 4.69) is 0 Å². The highest BCUT2D eigenvalue weighted by Crippen LogP contribution is 2.19. The zero-order valence-corrected chi connectivity index (χ0v) is 9.81. The van der Waals surface area contributed by atoms with Crippen LogP contribution in [0.25, 0.3) is 0 Å². The normalized spacial score (nSPS) is 11.6. The zero-order valence-electron chi connectivity index (χ0n) is 6.83. The molecule has 0 unspecified atom stereocenters. The van der Waals surface area contributed by atoms with E-state index in [0.717, 1.165) is 11.1 Å². The highest BCUT2D eigenvalue weighted by molar-refractivity contribution is 14.2. The summed E-state index contributed by atoms with van der Waals surface area (Å²) in [5, 5.41) is 0. The number of rotatable bonds is 1. The summed E-state index contributed by atoms with van der Waals surface area (Å²) in [5.74, 6) is 0. The molecule has 1 aromatic carbocycles. The molecule has 0 aliphatic heterocycles. The van der Waals surface area contributed by atoms with Gasteiger partial charge in [-0.15, -0.1) is 0 Å². The van der Waals surface area contributed by atoms with E-state index >= 15 is 0 Å². The average molecular weight is 296 g/mol. The van der Waals surface area contributed by atoms with Crippen LogP contribution in [0.2, 0.25) is 0 Å². The first-order valence-corrected chi connectivity index (χ1v) is 7.46. The minimum atomic E-state index is -3.07. The summed E-state index contributed by atoms with van der Waals surface area (Å²) in [6.45, 7) is 3.86. The van der Waals surface area contributed by atoms with E-state index in [9.17, 15) is 8.42 Å². The van der Waals surface area contributed by atoms with E-state index < -0.39 is 7.01 Å². The van der Waals surface area contributed by atoms with E-state index in [0.29, 0.717) is 4.90 Å². The Bertz CT molecular complexity index is 396. The summed E-state index contributed by atoms with van der Waals surface area (Å²) < 4.78 is 22.2. The monoisotopic (exact) mass is 296 g/mol. The van der Waals surface area contributed by atoms with Crippen molar-refractivity contribution in [3.63, 3.8) is 0 Å². The molecule has 0 aliphatic carbocycles. The largest absolute Gasteiger partial charge is 0.231 e. The van der Waals surface area contributed by atoms with Crippen molar-refractivity contribution in [2.45, 2.75) is 18.7 Å². The van der Waals surface area contributed by atoms with Crippen molar-refractivity contribution < 1.29 is 8.42 Å². The van der Waals surface area contributed by atoms with E-state index in [1.54, 1.807) is 12.1 Å². The summed E-state index contributed by atoms with van der Waals surface area (Å²) in [6.07, 6.45) is 0. The number of benzene rings is 1. The lowest BCUT2D eigenvalue weighted by atomic mass is 10.1. The third-order valence-electron chi connectivity index (χ3n) is 1.76. The summed E-state index contributed by atoms with van der Waals surface area (Å²) in [5.41, 5.74) is 2.12. The summed E-state index contributed by atoms with van der Waals surface area (Å²) in [6, 6.07) is 5.14. The van der Waals surface area contributed by atoms with Gasteiger partial charge in [-0.2, -0.15) is 0 Å².